The van der Waals surface area contributed by atoms with Crippen LogP contribution in [0.2, 0.25) is 0 Å². The average molecular weight is 226 g/mol. The van der Waals surface area contributed by atoms with E-state index in [1.165, 1.54) is 6.42 Å². The van der Waals surface area contributed by atoms with Crippen molar-refractivity contribution in [3.8, 4) is 0 Å². The van der Waals surface area contributed by atoms with Gasteiger partial charge in [-0.1, -0.05) is 13.8 Å². The second kappa shape index (κ2) is 5.67. The Kier molecular flexibility index (Phi) is 4.78. The summed E-state index contributed by atoms with van der Waals surface area (Å²) in [5.41, 5.74) is -0.327. The number of carbonyl (C=O) groups excluding carboxylic acids is 1. The highest BCUT2D eigenvalue weighted by atomic mass is 16.2. The van der Waals surface area contributed by atoms with E-state index in [1.54, 1.807) is 0 Å². The van der Waals surface area contributed by atoms with E-state index in [0.717, 1.165) is 25.8 Å². The van der Waals surface area contributed by atoms with Crippen molar-refractivity contribution in [3.63, 3.8) is 0 Å². The van der Waals surface area contributed by atoms with Crippen LogP contribution in [-0.2, 0) is 4.79 Å². The molecular weight excluding hydrogens is 200 g/mol. The Hall–Kier alpha value is -0.570. The monoisotopic (exact) mass is 226 g/mol. The van der Waals surface area contributed by atoms with E-state index in [4.69, 9.17) is 0 Å². The number of amides is 1. The Morgan fingerprint density at radius 3 is 2.56 bits per heavy atom. The summed E-state index contributed by atoms with van der Waals surface area (Å²) in [6.45, 7) is 9.50. The minimum absolute atomic E-state index is 0.168. The van der Waals surface area contributed by atoms with Crippen molar-refractivity contribution in [2.45, 2.75) is 65.0 Å². The third-order valence-corrected chi connectivity index (χ3v) is 3.42. The van der Waals surface area contributed by atoms with Gasteiger partial charge in [0.25, 0.3) is 0 Å². The van der Waals surface area contributed by atoms with Gasteiger partial charge >= 0.3 is 0 Å². The SMILES string of the molecule is CC(C)CCC(C)NC(=O)C1(C)CCCN1. The van der Waals surface area contributed by atoms with Crippen LogP contribution < -0.4 is 10.6 Å². The fourth-order valence-electron chi connectivity index (χ4n) is 2.13. The van der Waals surface area contributed by atoms with Crippen LogP contribution in [0.1, 0.15) is 53.4 Å². The van der Waals surface area contributed by atoms with Gasteiger partial charge in [-0.25, -0.2) is 0 Å². The second-order valence-electron chi connectivity index (χ2n) is 5.71. The van der Waals surface area contributed by atoms with Crippen LogP contribution in [0.15, 0.2) is 0 Å². The maximum Gasteiger partial charge on any atom is 0.240 e. The molecule has 0 aromatic rings. The number of rotatable bonds is 5. The summed E-state index contributed by atoms with van der Waals surface area (Å²) in [7, 11) is 0. The molecule has 2 N–H and O–H groups in total. The van der Waals surface area contributed by atoms with Gasteiger partial charge in [0.05, 0.1) is 5.54 Å². The van der Waals surface area contributed by atoms with Gasteiger partial charge in [0.2, 0.25) is 5.91 Å². The standard InChI is InChI=1S/C13H26N2O/c1-10(2)6-7-11(3)15-12(16)13(4)8-5-9-14-13/h10-11,14H,5-9H2,1-4H3,(H,15,16). The molecule has 0 aliphatic carbocycles. The van der Waals surface area contributed by atoms with Crippen LogP contribution >= 0.6 is 0 Å². The van der Waals surface area contributed by atoms with Crippen molar-refractivity contribution in [2.24, 2.45) is 5.92 Å². The van der Waals surface area contributed by atoms with E-state index >= 15 is 0 Å². The van der Waals surface area contributed by atoms with Crippen LogP contribution in [0.3, 0.4) is 0 Å². The lowest BCUT2D eigenvalue weighted by Crippen LogP contribution is -2.53. The zero-order valence-electron chi connectivity index (χ0n) is 11.1. The summed E-state index contributed by atoms with van der Waals surface area (Å²) in [6.07, 6.45) is 4.30. The highest BCUT2D eigenvalue weighted by Gasteiger charge is 2.36. The first-order valence-corrected chi connectivity index (χ1v) is 6.50. The zero-order chi connectivity index (χ0) is 12.2. The number of hydrogen-bond acceptors (Lipinski definition) is 2. The summed E-state index contributed by atoms with van der Waals surface area (Å²) < 4.78 is 0. The van der Waals surface area contributed by atoms with Crippen molar-refractivity contribution in [2.75, 3.05) is 6.54 Å². The van der Waals surface area contributed by atoms with Gasteiger partial charge in [-0.15, -0.1) is 0 Å². The summed E-state index contributed by atoms with van der Waals surface area (Å²) >= 11 is 0. The molecule has 0 aromatic carbocycles. The van der Waals surface area contributed by atoms with Crippen molar-refractivity contribution in [1.82, 2.24) is 10.6 Å². The molecule has 1 fully saturated rings. The smallest absolute Gasteiger partial charge is 0.240 e. The minimum Gasteiger partial charge on any atom is -0.352 e. The number of hydrogen-bond donors (Lipinski definition) is 2. The van der Waals surface area contributed by atoms with Gasteiger partial charge in [-0.3, -0.25) is 4.79 Å². The Bertz CT molecular complexity index is 232. The summed E-state index contributed by atoms with van der Waals surface area (Å²) in [6, 6.07) is 0.286. The molecule has 0 saturated carbocycles. The van der Waals surface area contributed by atoms with Gasteiger partial charge in [0, 0.05) is 6.04 Å². The molecule has 16 heavy (non-hydrogen) atoms. The Labute approximate surface area is 99.4 Å². The molecular formula is C13H26N2O. The third-order valence-electron chi connectivity index (χ3n) is 3.42. The molecule has 3 heteroatoms. The van der Waals surface area contributed by atoms with E-state index in [9.17, 15) is 4.79 Å². The van der Waals surface area contributed by atoms with Crippen molar-refractivity contribution in [1.29, 1.82) is 0 Å². The van der Waals surface area contributed by atoms with Gasteiger partial charge in [-0.05, 0) is 52.0 Å². The lowest BCUT2D eigenvalue weighted by atomic mass is 9.98. The zero-order valence-corrected chi connectivity index (χ0v) is 11.1. The summed E-state index contributed by atoms with van der Waals surface area (Å²) in [5, 5.41) is 6.41. The molecule has 1 aliphatic rings. The topological polar surface area (TPSA) is 41.1 Å². The van der Waals surface area contributed by atoms with Crippen molar-refractivity contribution < 1.29 is 4.79 Å². The van der Waals surface area contributed by atoms with E-state index < -0.39 is 0 Å². The first-order chi connectivity index (χ1) is 7.44. The maximum atomic E-state index is 12.0. The van der Waals surface area contributed by atoms with Crippen LogP contribution in [0.25, 0.3) is 0 Å². The molecule has 1 saturated heterocycles. The van der Waals surface area contributed by atoms with Crippen LogP contribution in [0, 0.1) is 5.92 Å². The van der Waals surface area contributed by atoms with Gasteiger partial charge in [0.15, 0.2) is 0 Å². The van der Waals surface area contributed by atoms with E-state index in [1.807, 2.05) is 6.92 Å². The molecule has 1 aliphatic heterocycles. The van der Waals surface area contributed by atoms with E-state index in [-0.39, 0.29) is 17.5 Å². The van der Waals surface area contributed by atoms with Gasteiger partial charge < -0.3 is 10.6 Å². The average Bonchev–Trinajstić information content (AvgIpc) is 2.63. The molecule has 1 rings (SSSR count). The highest BCUT2D eigenvalue weighted by molar-refractivity contribution is 5.86. The van der Waals surface area contributed by atoms with Gasteiger partial charge in [0.1, 0.15) is 0 Å². The molecule has 2 unspecified atom stereocenters. The molecule has 0 bridgehead atoms. The molecule has 0 spiro atoms. The summed E-state index contributed by atoms with van der Waals surface area (Å²) in [4.78, 5) is 12.0. The number of carbonyl (C=O) groups is 1. The first-order valence-electron chi connectivity index (χ1n) is 6.50. The Morgan fingerprint density at radius 2 is 2.06 bits per heavy atom. The Morgan fingerprint density at radius 1 is 1.38 bits per heavy atom. The molecule has 1 heterocycles. The largest absolute Gasteiger partial charge is 0.352 e. The quantitative estimate of drug-likeness (QED) is 0.753. The van der Waals surface area contributed by atoms with Crippen molar-refractivity contribution >= 4 is 5.91 Å². The van der Waals surface area contributed by atoms with Crippen LogP contribution in [0.4, 0.5) is 0 Å². The highest BCUT2D eigenvalue weighted by Crippen LogP contribution is 2.19. The summed E-state index contributed by atoms with van der Waals surface area (Å²) in [5.74, 6) is 0.876. The molecule has 0 radical (unpaired) electrons. The third kappa shape index (κ3) is 3.78. The maximum absolute atomic E-state index is 12.0. The lowest BCUT2D eigenvalue weighted by molar-refractivity contribution is -0.127. The fourth-order valence-corrected chi connectivity index (χ4v) is 2.13. The normalized spacial score (nSPS) is 27.1. The lowest BCUT2D eigenvalue weighted by Gasteiger charge is -2.26. The second-order valence-corrected chi connectivity index (χ2v) is 5.71. The molecule has 2 atom stereocenters. The van der Waals surface area contributed by atoms with E-state index in [2.05, 4.69) is 31.4 Å². The fraction of sp³-hybridized carbons (Fsp3) is 0.923. The predicted molar refractivity (Wildman–Crippen MR) is 67.3 cm³/mol. The molecule has 3 nitrogen and oxygen atoms in total. The number of nitrogens with one attached hydrogen (secondary N) is 2. The first kappa shape index (κ1) is 13.5. The molecule has 0 aromatic heterocycles. The molecule has 1 amide bonds. The Balaban J connectivity index is 2.33. The molecule has 94 valence electrons. The van der Waals surface area contributed by atoms with Crippen LogP contribution in [-0.4, -0.2) is 24.0 Å². The van der Waals surface area contributed by atoms with Crippen molar-refractivity contribution in [3.05, 3.63) is 0 Å². The minimum atomic E-state index is -0.327. The predicted octanol–water partition coefficient (Wildman–Crippen LogP) is 2.07. The van der Waals surface area contributed by atoms with Gasteiger partial charge in [-0.2, -0.15) is 0 Å². The van der Waals surface area contributed by atoms with E-state index in [0.29, 0.717) is 5.92 Å². The van der Waals surface area contributed by atoms with Crippen LogP contribution in [0.5, 0.6) is 0 Å².